The van der Waals surface area contributed by atoms with E-state index in [4.69, 9.17) is 4.98 Å². The van der Waals surface area contributed by atoms with E-state index in [2.05, 4.69) is 106 Å². The summed E-state index contributed by atoms with van der Waals surface area (Å²) < 4.78 is 1.12. The smallest absolute Gasteiger partial charge is 0.0763 e. The number of hydrogen-bond acceptors (Lipinski definition) is 4. The average molecular weight is 466 g/mol. The molecule has 2 aromatic carbocycles. The maximum atomic E-state index is 5.04. The molecule has 0 spiro atoms. The Bertz CT molecular complexity index is 1090. The molecule has 0 atom stereocenters. The molecule has 1 N–H and O–H groups in total. The summed E-state index contributed by atoms with van der Waals surface area (Å²) in [5.74, 6) is 0. The Morgan fingerprint density at radius 2 is 1.86 bits per heavy atom. The van der Waals surface area contributed by atoms with Gasteiger partial charge in [0.2, 0.25) is 0 Å². The van der Waals surface area contributed by atoms with Gasteiger partial charge in [0.15, 0.2) is 0 Å². The van der Waals surface area contributed by atoms with Crippen molar-refractivity contribution >= 4 is 43.9 Å². The van der Waals surface area contributed by atoms with Crippen LogP contribution in [0.15, 0.2) is 69.8 Å². The van der Waals surface area contributed by atoms with Crippen LogP contribution in [-0.2, 0) is 13.0 Å². The summed E-state index contributed by atoms with van der Waals surface area (Å²) in [6, 6.07) is 19.4. The number of halogens is 1. The lowest BCUT2D eigenvalue weighted by Crippen LogP contribution is -2.17. The second kappa shape index (κ2) is 9.08. The summed E-state index contributed by atoms with van der Waals surface area (Å²) in [7, 11) is 4.12. The van der Waals surface area contributed by atoms with Gasteiger partial charge in [0, 0.05) is 47.1 Å². The highest BCUT2D eigenvalue weighted by atomic mass is 79.9. The van der Waals surface area contributed by atoms with Gasteiger partial charge in [0.05, 0.1) is 11.2 Å². The van der Waals surface area contributed by atoms with E-state index in [9.17, 15) is 0 Å². The Morgan fingerprint density at radius 3 is 2.59 bits per heavy atom. The Kier molecular flexibility index (Phi) is 6.28. The first-order valence-electron chi connectivity index (χ1n) is 9.69. The molecule has 3 nitrogen and oxygen atoms in total. The molecule has 2 aromatic heterocycles. The summed E-state index contributed by atoms with van der Waals surface area (Å²) >= 11 is 5.20. The molecule has 0 saturated heterocycles. The summed E-state index contributed by atoms with van der Waals surface area (Å²) in [6.45, 7) is 1.74. The number of benzene rings is 2. The van der Waals surface area contributed by atoms with Crippen LogP contribution in [0.1, 0.15) is 11.1 Å². The highest BCUT2D eigenvalue weighted by molar-refractivity contribution is 9.10. The number of anilines is 1. The SMILES string of the molecule is CN(C)c1ccc2cc(CNCCc3ccc(Br)cc3)c(-c3ccsc3)nc2c1. The topological polar surface area (TPSA) is 28.2 Å². The van der Waals surface area contributed by atoms with Gasteiger partial charge in [0.1, 0.15) is 0 Å². The van der Waals surface area contributed by atoms with E-state index in [1.165, 1.54) is 27.8 Å². The second-order valence-electron chi connectivity index (χ2n) is 7.33. The molecule has 29 heavy (non-hydrogen) atoms. The van der Waals surface area contributed by atoms with Crippen LogP contribution in [0.2, 0.25) is 0 Å². The van der Waals surface area contributed by atoms with E-state index in [0.29, 0.717) is 0 Å². The number of nitrogens with zero attached hydrogens (tertiary/aromatic N) is 2. The molecule has 5 heteroatoms. The van der Waals surface area contributed by atoms with Crippen LogP contribution in [0.25, 0.3) is 22.2 Å². The molecule has 0 aliphatic rings. The van der Waals surface area contributed by atoms with Crippen LogP contribution in [0.5, 0.6) is 0 Å². The van der Waals surface area contributed by atoms with Crippen molar-refractivity contribution in [3.63, 3.8) is 0 Å². The zero-order valence-corrected chi connectivity index (χ0v) is 19.1. The van der Waals surface area contributed by atoms with Crippen LogP contribution in [0.3, 0.4) is 0 Å². The Morgan fingerprint density at radius 1 is 1.03 bits per heavy atom. The van der Waals surface area contributed by atoms with Crippen molar-refractivity contribution in [2.45, 2.75) is 13.0 Å². The van der Waals surface area contributed by atoms with Gasteiger partial charge in [-0.05, 0) is 65.9 Å². The van der Waals surface area contributed by atoms with Crippen molar-refractivity contribution in [1.29, 1.82) is 0 Å². The number of rotatable bonds is 7. The molecular weight excluding hydrogens is 442 g/mol. The number of hydrogen-bond donors (Lipinski definition) is 1. The van der Waals surface area contributed by atoms with E-state index in [1.54, 1.807) is 11.3 Å². The molecule has 0 radical (unpaired) electrons. The first kappa shape index (κ1) is 20.1. The maximum Gasteiger partial charge on any atom is 0.0763 e. The Balaban J connectivity index is 1.56. The predicted octanol–water partition coefficient (Wildman–Crippen LogP) is 6.12. The van der Waals surface area contributed by atoms with Crippen molar-refractivity contribution < 1.29 is 0 Å². The van der Waals surface area contributed by atoms with Crippen LogP contribution >= 0.6 is 27.3 Å². The number of nitrogens with one attached hydrogen (secondary N) is 1. The zero-order valence-electron chi connectivity index (χ0n) is 16.7. The van der Waals surface area contributed by atoms with Gasteiger partial charge < -0.3 is 10.2 Å². The molecule has 4 aromatic rings. The van der Waals surface area contributed by atoms with Crippen molar-refractivity contribution in [2.24, 2.45) is 0 Å². The standard InChI is InChI=1S/C24H24BrN3S/c1-28(2)22-8-5-18-13-20(15-26-11-9-17-3-6-21(25)7-4-17)24(27-23(18)14-22)19-10-12-29-16-19/h3-8,10,12-14,16,26H,9,11,15H2,1-2H3. The Hall–Kier alpha value is -2.21. The van der Waals surface area contributed by atoms with E-state index in [1.807, 2.05) is 0 Å². The van der Waals surface area contributed by atoms with Crippen LogP contribution in [0, 0.1) is 0 Å². The first-order chi connectivity index (χ1) is 14.1. The second-order valence-corrected chi connectivity index (χ2v) is 9.03. The fourth-order valence-corrected chi connectivity index (χ4v) is 4.27. The fraction of sp³-hybridized carbons (Fsp3) is 0.208. The van der Waals surface area contributed by atoms with Gasteiger partial charge in [-0.1, -0.05) is 34.1 Å². The zero-order chi connectivity index (χ0) is 20.2. The fourth-order valence-electron chi connectivity index (χ4n) is 3.37. The highest BCUT2D eigenvalue weighted by Gasteiger charge is 2.11. The summed E-state index contributed by atoms with van der Waals surface area (Å²) in [4.78, 5) is 7.16. The van der Waals surface area contributed by atoms with Crippen molar-refractivity contribution in [3.8, 4) is 11.3 Å². The van der Waals surface area contributed by atoms with Crippen molar-refractivity contribution in [3.05, 3.63) is 81.0 Å². The lowest BCUT2D eigenvalue weighted by Gasteiger charge is -2.15. The maximum absolute atomic E-state index is 5.04. The molecule has 2 heterocycles. The molecule has 0 amide bonds. The molecule has 0 fully saturated rings. The van der Waals surface area contributed by atoms with Crippen LogP contribution in [-0.4, -0.2) is 25.6 Å². The largest absolute Gasteiger partial charge is 0.378 e. The molecule has 0 aliphatic carbocycles. The van der Waals surface area contributed by atoms with E-state index in [0.717, 1.165) is 35.2 Å². The quantitative estimate of drug-likeness (QED) is 0.333. The predicted molar refractivity (Wildman–Crippen MR) is 129 cm³/mol. The molecular formula is C24H24BrN3S. The summed E-state index contributed by atoms with van der Waals surface area (Å²) in [5, 5.41) is 9.07. The number of pyridine rings is 1. The normalized spacial score (nSPS) is 11.1. The molecule has 0 aliphatic heterocycles. The van der Waals surface area contributed by atoms with Gasteiger partial charge in [-0.25, -0.2) is 4.98 Å². The van der Waals surface area contributed by atoms with Gasteiger partial charge in [-0.2, -0.15) is 11.3 Å². The monoisotopic (exact) mass is 465 g/mol. The number of fused-ring (bicyclic) bond motifs is 1. The summed E-state index contributed by atoms with van der Waals surface area (Å²) in [5.41, 5.74) is 7.05. The van der Waals surface area contributed by atoms with Crippen molar-refractivity contribution in [1.82, 2.24) is 10.3 Å². The molecule has 4 rings (SSSR count). The van der Waals surface area contributed by atoms with E-state index >= 15 is 0 Å². The van der Waals surface area contributed by atoms with Gasteiger partial charge in [-0.3, -0.25) is 0 Å². The number of thiophene rings is 1. The van der Waals surface area contributed by atoms with Crippen molar-refractivity contribution in [2.75, 3.05) is 25.5 Å². The lowest BCUT2D eigenvalue weighted by atomic mass is 10.0. The summed E-state index contributed by atoms with van der Waals surface area (Å²) in [6.07, 6.45) is 1.01. The lowest BCUT2D eigenvalue weighted by molar-refractivity contribution is 0.687. The van der Waals surface area contributed by atoms with Gasteiger partial charge in [0.25, 0.3) is 0 Å². The molecule has 0 saturated carbocycles. The number of aromatic nitrogens is 1. The third-order valence-corrected chi connectivity index (χ3v) is 6.22. The van der Waals surface area contributed by atoms with E-state index < -0.39 is 0 Å². The Labute approximate surface area is 184 Å². The van der Waals surface area contributed by atoms with Gasteiger partial charge in [-0.15, -0.1) is 0 Å². The minimum absolute atomic E-state index is 0.806. The molecule has 0 bridgehead atoms. The third-order valence-electron chi connectivity index (χ3n) is 5.01. The molecule has 148 valence electrons. The molecule has 0 unspecified atom stereocenters. The minimum Gasteiger partial charge on any atom is -0.378 e. The van der Waals surface area contributed by atoms with E-state index in [-0.39, 0.29) is 0 Å². The first-order valence-corrected chi connectivity index (χ1v) is 11.4. The van der Waals surface area contributed by atoms with Crippen LogP contribution < -0.4 is 10.2 Å². The van der Waals surface area contributed by atoms with Gasteiger partial charge >= 0.3 is 0 Å². The minimum atomic E-state index is 0.806. The highest BCUT2D eigenvalue weighted by Crippen LogP contribution is 2.29. The third kappa shape index (κ3) is 4.86. The average Bonchev–Trinajstić information content (AvgIpc) is 3.26. The van der Waals surface area contributed by atoms with Crippen LogP contribution in [0.4, 0.5) is 5.69 Å².